The fourth-order valence-electron chi connectivity index (χ4n) is 2.65. The van der Waals surface area contributed by atoms with E-state index in [9.17, 15) is 4.79 Å². The summed E-state index contributed by atoms with van der Waals surface area (Å²) >= 11 is 0. The van der Waals surface area contributed by atoms with E-state index >= 15 is 0 Å². The molecule has 7 nitrogen and oxygen atoms in total. The van der Waals surface area contributed by atoms with Crippen LogP contribution in [-0.2, 0) is 6.54 Å². The summed E-state index contributed by atoms with van der Waals surface area (Å²) in [6.45, 7) is 2.57. The molecule has 1 atom stereocenters. The van der Waals surface area contributed by atoms with Gasteiger partial charge >= 0.3 is 0 Å². The highest BCUT2D eigenvalue weighted by atomic mass is 16.5. The van der Waals surface area contributed by atoms with Crippen molar-refractivity contribution in [2.24, 2.45) is 0 Å². The Morgan fingerprint density at radius 2 is 2.26 bits per heavy atom. The number of likely N-dealkylation sites (tertiary alicyclic amines) is 1. The number of methoxy groups -OCH3 is 1. The summed E-state index contributed by atoms with van der Waals surface area (Å²) in [4.78, 5) is 26.5. The monoisotopic (exact) mass is 313 g/mol. The number of nitrogens with one attached hydrogen (secondary N) is 1. The van der Waals surface area contributed by atoms with E-state index < -0.39 is 0 Å². The van der Waals surface area contributed by atoms with E-state index in [-0.39, 0.29) is 11.9 Å². The molecule has 0 aromatic carbocycles. The van der Waals surface area contributed by atoms with Crippen LogP contribution < -0.4 is 10.1 Å². The van der Waals surface area contributed by atoms with Crippen molar-refractivity contribution in [3.8, 4) is 5.88 Å². The van der Waals surface area contributed by atoms with Gasteiger partial charge in [0.25, 0.3) is 5.91 Å². The number of pyridine rings is 1. The largest absolute Gasteiger partial charge is 0.481 e. The lowest BCUT2D eigenvalue weighted by molar-refractivity contribution is 0.0932. The van der Waals surface area contributed by atoms with Gasteiger partial charge in [-0.1, -0.05) is 6.07 Å². The van der Waals surface area contributed by atoms with Gasteiger partial charge in [-0.05, 0) is 12.0 Å². The van der Waals surface area contributed by atoms with Crippen LogP contribution in [0, 0.1) is 0 Å². The molecule has 1 aliphatic heterocycles. The van der Waals surface area contributed by atoms with Crippen molar-refractivity contribution in [2.45, 2.75) is 19.0 Å². The number of carbonyl (C=O) groups is 1. The first-order chi connectivity index (χ1) is 11.2. The predicted octanol–water partition coefficient (Wildman–Crippen LogP) is 0.884. The summed E-state index contributed by atoms with van der Waals surface area (Å²) in [6.07, 6.45) is 7.30. The average molecular weight is 313 g/mol. The van der Waals surface area contributed by atoms with Gasteiger partial charge in [0.15, 0.2) is 0 Å². The Kier molecular flexibility index (Phi) is 4.77. The van der Waals surface area contributed by atoms with Crippen LogP contribution in [0.15, 0.2) is 36.9 Å². The zero-order valence-corrected chi connectivity index (χ0v) is 13.0. The Morgan fingerprint density at radius 3 is 2.96 bits per heavy atom. The van der Waals surface area contributed by atoms with Crippen LogP contribution in [0.4, 0.5) is 0 Å². The zero-order chi connectivity index (χ0) is 16.1. The minimum absolute atomic E-state index is 0.135. The third-order valence-corrected chi connectivity index (χ3v) is 3.82. The minimum atomic E-state index is -0.170. The number of ether oxygens (including phenoxy) is 1. The van der Waals surface area contributed by atoms with Gasteiger partial charge in [-0.25, -0.2) is 9.97 Å². The molecule has 0 unspecified atom stereocenters. The van der Waals surface area contributed by atoms with E-state index in [0.29, 0.717) is 11.6 Å². The maximum absolute atomic E-state index is 12.1. The van der Waals surface area contributed by atoms with Crippen LogP contribution in [0.5, 0.6) is 5.88 Å². The molecule has 2 aromatic rings. The summed E-state index contributed by atoms with van der Waals surface area (Å²) in [7, 11) is 1.60. The topological polar surface area (TPSA) is 80.2 Å². The third kappa shape index (κ3) is 4.01. The van der Waals surface area contributed by atoms with Crippen LogP contribution in [0.1, 0.15) is 22.5 Å². The van der Waals surface area contributed by atoms with Crippen molar-refractivity contribution in [1.82, 2.24) is 25.2 Å². The molecule has 120 valence electrons. The van der Waals surface area contributed by atoms with Gasteiger partial charge in [0.1, 0.15) is 5.69 Å². The van der Waals surface area contributed by atoms with E-state index in [1.54, 1.807) is 13.3 Å². The molecule has 1 aliphatic rings. The molecule has 1 amide bonds. The van der Waals surface area contributed by atoms with Gasteiger partial charge < -0.3 is 10.1 Å². The Labute approximate surface area is 134 Å². The van der Waals surface area contributed by atoms with Gasteiger partial charge in [-0.3, -0.25) is 14.7 Å². The molecular weight excluding hydrogens is 294 g/mol. The van der Waals surface area contributed by atoms with Gasteiger partial charge in [-0.15, -0.1) is 0 Å². The lowest BCUT2D eigenvalue weighted by Crippen LogP contribution is -2.37. The maximum atomic E-state index is 12.1. The average Bonchev–Trinajstić information content (AvgIpc) is 3.03. The number of aromatic nitrogens is 3. The van der Waals surface area contributed by atoms with Crippen molar-refractivity contribution >= 4 is 5.91 Å². The number of amides is 1. The van der Waals surface area contributed by atoms with Crippen molar-refractivity contribution in [3.63, 3.8) is 0 Å². The molecule has 0 saturated carbocycles. The van der Waals surface area contributed by atoms with Gasteiger partial charge in [0.2, 0.25) is 5.88 Å². The fraction of sp³-hybridized carbons (Fsp3) is 0.375. The highest BCUT2D eigenvalue weighted by molar-refractivity contribution is 5.92. The fourth-order valence-corrected chi connectivity index (χ4v) is 2.65. The number of carbonyl (C=O) groups excluding carboxylic acids is 1. The summed E-state index contributed by atoms with van der Waals surface area (Å²) in [6, 6.07) is 4.01. The van der Waals surface area contributed by atoms with Crippen molar-refractivity contribution < 1.29 is 9.53 Å². The van der Waals surface area contributed by atoms with Crippen molar-refractivity contribution in [1.29, 1.82) is 0 Å². The maximum Gasteiger partial charge on any atom is 0.271 e. The zero-order valence-electron chi connectivity index (χ0n) is 13.0. The molecule has 23 heavy (non-hydrogen) atoms. The Bertz CT molecular complexity index is 647. The van der Waals surface area contributed by atoms with Crippen molar-refractivity contribution in [3.05, 3.63) is 48.2 Å². The third-order valence-electron chi connectivity index (χ3n) is 3.82. The van der Waals surface area contributed by atoms with Gasteiger partial charge in [0, 0.05) is 50.3 Å². The second-order valence-electron chi connectivity index (χ2n) is 5.49. The number of hydrogen-bond donors (Lipinski definition) is 1. The van der Waals surface area contributed by atoms with E-state index in [0.717, 1.165) is 31.6 Å². The summed E-state index contributed by atoms with van der Waals surface area (Å²) in [5, 5.41) is 3.01. The molecule has 3 rings (SSSR count). The Balaban J connectivity index is 1.51. The van der Waals surface area contributed by atoms with Crippen LogP contribution in [0.25, 0.3) is 0 Å². The molecule has 0 bridgehead atoms. The highest BCUT2D eigenvalue weighted by Crippen LogP contribution is 2.15. The van der Waals surface area contributed by atoms with Gasteiger partial charge in [0.05, 0.1) is 13.3 Å². The highest BCUT2D eigenvalue weighted by Gasteiger charge is 2.24. The first kappa shape index (κ1) is 15.4. The van der Waals surface area contributed by atoms with Crippen LogP contribution >= 0.6 is 0 Å². The first-order valence-corrected chi connectivity index (χ1v) is 7.53. The van der Waals surface area contributed by atoms with Crippen LogP contribution in [0.2, 0.25) is 0 Å². The molecule has 1 fully saturated rings. The second-order valence-corrected chi connectivity index (χ2v) is 5.49. The van der Waals surface area contributed by atoms with Gasteiger partial charge in [-0.2, -0.15) is 0 Å². The van der Waals surface area contributed by atoms with E-state index in [2.05, 4.69) is 25.2 Å². The molecule has 1 N–H and O–H groups in total. The SMILES string of the molecule is COc1ccc(CN2CC[C@@H](NC(=O)c3cnccn3)C2)cn1. The number of nitrogens with zero attached hydrogens (tertiary/aromatic N) is 4. The minimum Gasteiger partial charge on any atom is -0.481 e. The molecule has 2 aromatic heterocycles. The summed E-state index contributed by atoms with van der Waals surface area (Å²) in [5.41, 5.74) is 1.48. The smallest absolute Gasteiger partial charge is 0.271 e. The Morgan fingerprint density at radius 1 is 1.35 bits per heavy atom. The lowest BCUT2D eigenvalue weighted by Gasteiger charge is -2.16. The Hall–Kier alpha value is -2.54. The molecule has 1 saturated heterocycles. The predicted molar refractivity (Wildman–Crippen MR) is 84.0 cm³/mol. The number of rotatable bonds is 5. The molecule has 7 heteroatoms. The molecule has 0 aliphatic carbocycles. The van der Waals surface area contributed by atoms with E-state index in [4.69, 9.17) is 4.74 Å². The molecule has 0 spiro atoms. The number of hydrogen-bond acceptors (Lipinski definition) is 6. The normalized spacial score (nSPS) is 17.9. The quantitative estimate of drug-likeness (QED) is 0.883. The summed E-state index contributed by atoms with van der Waals surface area (Å²) in [5.74, 6) is 0.445. The summed E-state index contributed by atoms with van der Waals surface area (Å²) < 4.78 is 5.06. The van der Waals surface area contributed by atoms with Crippen LogP contribution in [-0.4, -0.2) is 52.0 Å². The van der Waals surface area contributed by atoms with Crippen LogP contribution in [0.3, 0.4) is 0 Å². The van der Waals surface area contributed by atoms with E-state index in [1.165, 1.54) is 12.4 Å². The van der Waals surface area contributed by atoms with Crippen molar-refractivity contribution in [2.75, 3.05) is 20.2 Å². The molecule has 0 radical (unpaired) electrons. The molecular formula is C16H19N5O2. The standard InChI is InChI=1S/C16H19N5O2/c1-23-15-3-2-12(8-19-15)10-21-7-4-13(11-21)20-16(22)14-9-17-5-6-18-14/h2-3,5-6,8-9,13H,4,7,10-11H2,1H3,(H,20,22)/t13-/m1/s1. The lowest BCUT2D eigenvalue weighted by atomic mass is 10.2. The van der Waals surface area contributed by atoms with E-state index in [1.807, 2.05) is 18.3 Å². The molecule has 3 heterocycles. The first-order valence-electron chi connectivity index (χ1n) is 7.53. The second kappa shape index (κ2) is 7.15.